The fourth-order valence-corrected chi connectivity index (χ4v) is 2.37. The summed E-state index contributed by atoms with van der Waals surface area (Å²) < 4.78 is 6.12. The zero-order valence-corrected chi connectivity index (χ0v) is 10.6. The topological polar surface area (TPSA) is 51.0 Å². The number of aromatic nitrogens is 2. The highest BCUT2D eigenvalue weighted by atomic mass is 79.9. The first kappa shape index (κ1) is 10.8. The number of halogens is 1. The van der Waals surface area contributed by atoms with Crippen LogP contribution in [0.4, 0.5) is 0 Å². The van der Waals surface area contributed by atoms with Gasteiger partial charge in [0.2, 0.25) is 5.89 Å². The Kier molecular flexibility index (Phi) is 3.50. The Balaban J connectivity index is 1.80. The Morgan fingerprint density at radius 2 is 2.40 bits per heavy atom. The number of nitrogens with one attached hydrogen (secondary N) is 1. The van der Waals surface area contributed by atoms with E-state index in [9.17, 15) is 0 Å². The minimum absolute atomic E-state index is 0.605. The van der Waals surface area contributed by atoms with Crippen molar-refractivity contribution in [2.24, 2.45) is 0 Å². The van der Waals surface area contributed by atoms with Crippen LogP contribution in [-0.4, -0.2) is 10.1 Å². The van der Waals surface area contributed by atoms with Gasteiger partial charge in [-0.15, -0.1) is 11.3 Å². The van der Waals surface area contributed by atoms with Gasteiger partial charge in [-0.1, -0.05) is 5.16 Å². The second-order valence-corrected chi connectivity index (χ2v) is 5.39. The summed E-state index contributed by atoms with van der Waals surface area (Å²) in [6.45, 7) is 3.22. The molecule has 80 valence electrons. The summed E-state index contributed by atoms with van der Waals surface area (Å²) in [6, 6.07) is 2.09. The average Bonchev–Trinajstić information content (AvgIpc) is 2.76. The van der Waals surface area contributed by atoms with Gasteiger partial charge < -0.3 is 9.84 Å². The van der Waals surface area contributed by atoms with E-state index in [1.807, 2.05) is 6.92 Å². The third-order valence-corrected chi connectivity index (χ3v) is 3.35. The Labute approximate surface area is 99.8 Å². The van der Waals surface area contributed by atoms with Gasteiger partial charge in [0.1, 0.15) is 0 Å². The molecule has 0 bridgehead atoms. The second-order valence-electron chi connectivity index (χ2n) is 3.10. The summed E-state index contributed by atoms with van der Waals surface area (Å²) in [6.07, 6.45) is 0. The molecule has 0 fully saturated rings. The fourth-order valence-electron chi connectivity index (χ4n) is 1.16. The van der Waals surface area contributed by atoms with E-state index in [4.69, 9.17) is 4.52 Å². The number of aryl methyl sites for hydroxylation is 1. The van der Waals surface area contributed by atoms with Crippen LogP contribution in [0.3, 0.4) is 0 Å². The molecule has 2 aromatic rings. The van der Waals surface area contributed by atoms with Crippen molar-refractivity contribution >= 4 is 27.3 Å². The number of hydrogen-bond donors (Lipinski definition) is 1. The van der Waals surface area contributed by atoms with Crippen LogP contribution in [0.1, 0.15) is 17.3 Å². The molecule has 0 atom stereocenters. The molecule has 0 saturated carbocycles. The third-order valence-electron chi connectivity index (χ3n) is 1.80. The predicted octanol–water partition coefficient (Wildman–Crippen LogP) is 2.49. The number of rotatable bonds is 4. The molecule has 0 amide bonds. The maximum atomic E-state index is 4.98. The van der Waals surface area contributed by atoms with Crippen molar-refractivity contribution in [3.05, 3.63) is 32.5 Å². The van der Waals surface area contributed by atoms with Crippen molar-refractivity contribution in [3.8, 4) is 0 Å². The van der Waals surface area contributed by atoms with E-state index >= 15 is 0 Å². The van der Waals surface area contributed by atoms with Gasteiger partial charge in [0, 0.05) is 6.54 Å². The SMILES string of the molecule is Cc1noc(CNCc2csc(Br)c2)n1. The van der Waals surface area contributed by atoms with Crippen LogP contribution in [0, 0.1) is 6.92 Å². The van der Waals surface area contributed by atoms with E-state index in [0.717, 1.165) is 10.3 Å². The van der Waals surface area contributed by atoms with Gasteiger partial charge in [0.15, 0.2) is 5.82 Å². The number of nitrogens with zero attached hydrogens (tertiary/aromatic N) is 2. The zero-order chi connectivity index (χ0) is 10.7. The number of thiophene rings is 1. The molecule has 0 aliphatic rings. The maximum Gasteiger partial charge on any atom is 0.240 e. The second kappa shape index (κ2) is 4.87. The first-order valence-electron chi connectivity index (χ1n) is 4.47. The third kappa shape index (κ3) is 3.12. The van der Waals surface area contributed by atoms with Crippen molar-refractivity contribution in [3.63, 3.8) is 0 Å². The lowest BCUT2D eigenvalue weighted by molar-refractivity contribution is 0.364. The van der Waals surface area contributed by atoms with Crippen LogP contribution >= 0.6 is 27.3 Å². The van der Waals surface area contributed by atoms with Crippen LogP contribution in [0.25, 0.3) is 0 Å². The van der Waals surface area contributed by atoms with Crippen molar-refractivity contribution in [2.45, 2.75) is 20.0 Å². The molecule has 0 unspecified atom stereocenters. The predicted molar refractivity (Wildman–Crippen MR) is 61.6 cm³/mol. The Bertz CT molecular complexity index is 400. The van der Waals surface area contributed by atoms with Gasteiger partial charge in [-0.05, 0) is 39.9 Å². The van der Waals surface area contributed by atoms with Crippen LogP contribution < -0.4 is 5.32 Å². The van der Waals surface area contributed by atoms with E-state index < -0.39 is 0 Å². The van der Waals surface area contributed by atoms with Crippen molar-refractivity contribution in [1.82, 2.24) is 15.5 Å². The van der Waals surface area contributed by atoms with Gasteiger partial charge in [0.25, 0.3) is 0 Å². The van der Waals surface area contributed by atoms with Crippen molar-refractivity contribution in [1.29, 1.82) is 0 Å². The minimum Gasteiger partial charge on any atom is -0.338 e. The van der Waals surface area contributed by atoms with E-state index in [0.29, 0.717) is 18.3 Å². The molecule has 15 heavy (non-hydrogen) atoms. The zero-order valence-electron chi connectivity index (χ0n) is 8.16. The van der Waals surface area contributed by atoms with Gasteiger partial charge in [0.05, 0.1) is 10.3 Å². The monoisotopic (exact) mass is 287 g/mol. The molecule has 0 aliphatic carbocycles. The molecule has 4 nitrogen and oxygen atoms in total. The minimum atomic E-state index is 0.605. The fraction of sp³-hybridized carbons (Fsp3) is 0.333. The van der Waals surface area contributed by atoms with Crippen LogP contribution in [0.2, 0.25) is 0 Å². The molecule has 0 aliphatic heterocycles. The molecule has 0 saturated heterocycles. The lowest BCUT2D eigenvalue weighted by atomic mass is 10.3. The largest absolute Gasteiger partial charge is 0.338 e. The van der Waals surface area contributed by atoms with Crippen molar-refractivity contribution < 1.29 is 4.52 Å². The molecule has 6 heteroatoms. The summed E-state index contributed by atoms with van der Waals surface area (Å²) in [4.78, 5) is 4.10. The first-order valence-corrected chi connectivity index (χ1v) is 6.14. The molecule has 0 radical (unpaired) electrons. The molecule has 0 spiro atoms. The van der Waals surface area contributed by atoms with Gasteiger partial charge in [-0.2, -0.15) is 4.98 Å². The van der Waals surface area contributed by atoms with Crippen molar-refractivity contribution in [2.75, 3.05) is 0 Å². The first-order chi connectivity index (χ1) is 7.24. The highest BCUT2D eigenvalue weighted by molar-refractivity contribution is 9.11. The van der Waals surface area contributed by atoms with E-state index in [1.165, 1.54) is 5.56 Å². The van der Waals surface area contributed by atoms with E-state index in [1.54, 1.807) is 11.3 Å². The molecule has 0 aromatic carbocycles. The summed E-state index contributed by atoms with van der Waals surface area (Å²) in [5, 5.41) is 9.06. The summed E-state index contributed by atoms with van der Waals surface area (Å²) in [5.74, 6) is 1.30. The maximum absolute atomic E-state index is 4.98. The molecule has 1 N–H and O–H groups in total. The molecular weight excluding hydrogens is 278 g/mol. The average molecular weight is 288 g/mol. The number of hydrogen-bond acceptors (Lipinski definition) is 5. The Hall–Kier alpha value is -0.720. The Morgan fingerprint density at radius 3 is 3.00 bits per heavy atom. The van der Waals surface area contributed by atoms with Gasteiger partial charge >= 0.3 is 0 Å². The molecule has 2 rings (SSSR count). The summed E-state index contributed by atoms with van der Waals surface area (Å²) in [7, 11) is 0. The summed E-state index contributed by atoms with van der Waals surface area (Å²) in [5.41, 5.74) is 1.25. The summed E-state index contributed by atoms with van der Waals surface area (Å²) >= 11 is 5.10. The molecule has 2 aromatic heterocycles. The van der Waals surface area contributed by atoms with Crippen LogP contribution in [-0.2, 0) is 13.1 Å². The van der Waals surface area contributed by atoms with Gasteiger partial charge in [-0.3, -0.25) is 0 Å². The standard InChI is InChI=1S/C9H10BrN3OS/c1-6-12-9(14-13-6)4-11-3-7-2-8(10)15-5-7/h2,5,11H,3-4H2,1H3. The quantitative estimate of drug-likeness (QED) is 0.939. The van der Waals surface area contributed by atoms with Crippen LogP contribution in [0.5, 0.6) is 0 Å². The van der Waals surface area contributed by atoms with E-state index in [-0.39, 0.29) is 0 Å². The smallest absolute Gasteiger partial charge is 0.240 e. The van der Waals surface area contributed by atoms with Gasteiger partial charge in [-0.25, -0.2) is 0 Å². The highest BCUT2D eigenvalue weighted by Crippen LogP contribution is 2.20. The van der Waals surface area contributed by atoms with E-state index in [2.05, 4.69) is 42.8 Å². The lowest BCUT2D eigenvalue weighted by Crippen LogP contribution is -2.12. The lowest BCUT2D eigenvalue weighted by Gasteiger charge is -1.97. The molecular formula is C9H10BrN3OS. The molecule has 2 heterocycles. The Morgan fingerprint density at radius 1 is 1.53 bits per heavy atom. The normalized spacial score (nSPS) is 10.8. The highest BCUT2D eigenvalue weighted by Gasteiger charge is 2.02. The van der Waals surface area contributed by atoms with Crippen LogP contribution in [0.15, 0.2) is 19.8 Å².